The molecule has 0 unspecified atom stereocenters. The zero-order valence-electron chi connectivity index (χ0n) is 46.7. The lowest BCUT2D eigenvalue weighted by molar-refractivity contribution is 0.0704. The number of rotatable bonds is 14. The van der Waals surface area contributed by atoms with E-state index in [1.807, 2.05) is 121 Å². The molecule has 0 radical (unpaired) electrons. The molecule has 2 amide bonds. The predicted molar refractivity (Wildman–Crippen MR) is 312 cm³/mol. The molecular weight excluding hydrogens is 993 g/mol. The summed E-state index contributed by atoms with van der Waals surface area (Å²) in [5, 5.41) is 18.0. The normalized spacial score (nSPS) is 13.5. The number of piperidine rings is 2. The number of nitrogens with two attached hydrogens (primary N) is 2. The Balaban J connectivity index is 0.000000193. The molecule has 0 saturated carbocycles. The van der Waals surface area contributed by atoms with E-state index in [2.05, 4.69) is 40.1 Å². The molecule has 17 heteroatoms. The Morgan fingerprint density at radius 1 is 0.658 bits per heavy atom. The maximum Gasteiger partial charge on any atom is 0.254 e. The molecule has 0 atom stereocenters. The quantitative estimate of drug-likeness (QED) is 0.0860. The number of fused-ring (bicyclic) bond motifs is 1. The number of pyridine rings is 2. The van der Waals surface area contributed by atoms with Crippen molar-refractivity contribution in [1.29, 1.82) is 10.5 Å². The van der Waals surface area contributed by atoms with Crippen LogP contribution in [0, 0.1) is 50.4 Å². The van der Waals surface area contributed by atoms with E-state index >= 15 is 0 Å². The minimum Gasteiger partial charge on any atom is -0.397 e. The molecule has 4 aromatic carbocycles. The minimum absolute atomic E-state index is 0.00359. The first-order chi connectivity index (χ1) is 38.0. The van der Waals surface area contributed by atoms with Crippen molar-refractivity contribution in [3.05, 3.63) is 159 Å². The lowest BCUT2D eigenvalue weighted by atomic mass is 9.88. The maximum absolute atomic E-state index is 13.7. The summed E-state index contributed by atoms with van der Waals surface area (Å²) in [6.45, 7) is 13.5. The number of aryl methyl sites for hydroxylation is 4. The summed E-state index contributed by atoms with van der Waals surface area (Å²) in [4.78, 5) is 62.6. The van der Waals surface area contributed by atoms with Crippen molar-refractivity contribution in [2.45, 2.75) is 65.2 Å². The van der Waals surface area contributed by atoms with E-state index in [1.165, 1.54) is 11.1 Å². The van der Waals surface area contributed by atoms with Gasteiger partial charge < -0.3 is 45.5 Å². The van der Waals surface area contributed by atoms with Gasteiger partial charge in [-0.1, -0.05) is 36.4 Å². The van der Waals surface area contributed by atoms with Gasteiger partial charge in [0.1, 0.15) is 23.7 Å². The zero-order chi connectivity index (χ0) is 56.8. The van der Waals surface area contributed by atoms with Crippen LogP contribution < -0.4 is 21.3 Å². The van der Waals surface area contributed by atoms with Crippen LogP contribution in [0.5, 0.6) is 0 Å². The molecule has 0 aliphatic carbocycles. The van der Waals surface area contributed by atoms with Crippen molar-refractivity contribution in [2.75, 3.05) is 102 Å². The highest BCUT2D eigenvalue weighted by atomic mass is 16.5. The van der Waals surface area contributed by atoms with Gasteiger partial charge in [0.15, 0.2) is 0 Å². The van der Waals surface area contributed by atoms with Gasteiger partial charge in [0, 0.05) is 102 Å². The van der Waals surface area contributed by atoms with Crippen molar-refractivity contribution < 1.29 is 23.9 Å². The Labute approximate surface area is 463 Å². The summed E-state index contributed by atoms with van der Waals surface area (Å²) in [6, 6.07) is 31.3. The second-order valence-electron chi connectivity index (χ2n) is 20.4. The number of nitrogens with one attached hydrogen (secondary N) is 1. The molecule has 2 aliphatic heterocycles. The van der Waals surface area contributed by atoms with Gasteiger partial charge in [-0.2, -0.15) is 10.5 Å². The van der Waals surface area contributed by atoms with Crippen LogP contribution in [0.1, 0.15) is 113 Å². The predicted octanol–water partition coefficient (Wildman–Crippen LogP) is 9.55. The van der Waals surface area contributed by atoms with Crippen LogP contribution in [0.15, 0.2) is 97.3 Å². The molecule has 5 N–H and O–H groups in total. The van der Waals surface area contributed by atoms with Gasteiger partial charge in [-0.3, -0.25) is 14.4 Å². The number of nitrogen functional groups attached to an aromatic ring is 2. The third-order valence-electron chi connectivity index (χ3n) is 15.0. The summed E-state index contributed by atoms with van der Waals surface area (Å²) in [6.07, 6.45) is 7.81. The molecule has 2 aliphatic rings. The average molecular weight is 1070 g/mol. The number of anilines is 4. The summed E-state index contributed by atoms with van der Waals surface area (Å²) in [5.74, 6) is 3.24. The van der Waals surface area contributed by atoms with E-state index in [1.54, 1.807) is 38.7 Å². The number of hydrogen-bond donors (Lipinski definition) is 3. The van der Waals surface area contributed by atoms with Crippen LogP contribution in [-0.2, 0) is 9.47 Å². The number of methoxy groups -OCH3 is 2. The summed E-state index contributed by atoms with van der Waals surface area (Å²) >= 11 is 0. The van der Waals surface area contributed by atoms with Crippen LogP contribution >= 0.6 is 0 Å². The van der Waals surface area contributed by atoms with Gasteiger partial charge in [-0.25, -0.2) is 15.0 Å². The van der Waals surface area contributed by atoms with Crippen molar-refractivity contribution in [3.8, 4) is 23.5 Å². The molecule has 9 rings (SSSR count). The largest absolute Gasteiger partial charge is 0.397 e. The number of nitrogens with zero attached hydrogens (tertiary/aromatic N) is 9. The van der Waals surface area contributed by atoms with E-state index in [-0.39, 0.29) is 11.8 Å². The fourth-order valence-electron chi connectivity index (χ4n) is 10.00. The fourth-order valence-corrected chi connectivity index (χ4v) is 10.00. The van der Waals surface area contributed by atoms with Crippen LogP contribution in [0.2, 0.25) is 0 Å². The number of imidazole rings is 1. The molecule has 0 spiro atoms. The van der Waals surface area contributed by atoms with Crippen LogP contribution in [0.4, 0.5) is 23.0 Å². The minimum atomic E-state index is 0.00359. The molecule has 3 aromatic heterocycles. The molecule has 17 nitrogen and oxygen atoms in total. The average Bonchev–Trinajstić information content (AvgIpc) is 3.93. The van der Waals surface area contributed by atoms with Crippen LogP contribution in [0.25, 0.3) is 22.4 Å². The molecule has 2 saturated heterocycles. The third-order valence-corrected chi connectivity index (χ3v) is 15.0. The van der Waals surface area contributed by atoms with Gasteiger partial charge in [0.05, 0.1) is 71.3 Å². The van der Waals surface area contributed by atoms with Crippen molar-refractivity contribution in [1.82, 2.24) is 29.7 Å². The van der Waals surface area contributed by atoms with Crippen LogP contribution in [-0.4, -0.2) is 129 Å². The lowest BCUT2D eigenvalue weighted by Crippen LogP contribution is -2.38. The highest BCUT2D eigenvalue weighted by Crippen LogP contribution is 2.33. The van der Waals surface area contributed by atoms with Gasteiger partial charge in [-0.05, 0) is 135 Å². The lowest BCUT2D eigenvalue weighted by Gasteiger charge is -2.32. The number of carbonyl (C=O) groups is 3. The standard InChI is InChI=1S/C31H34N6O2.C22H22N2O2.C9H16N4O/c1-20-15-21(2)26(31(38)37-11-9-24(10-12-37)23-7-5-22(18-32)6-8-23)16-25(20)30-34-27-17-29(33-19-28(27)35-30)36(3)13-14-39-4;1-15-11-16(2)21(12-20(15)14-25)22(26)24-9-7-19(8-10-24)18-5-3-17(13-23)4-6-18;1-13(3-4-14-2)9-5-7(10)8(11)6-12-9/h5-8,15-17,19,24H,9-14H2,1-4H3,(H,34,35);3-6,11-12,14,19H,7-10H2,1-2H3;5-6H,3-4,11H2,1-2H3,(H2,10,12). The first-order valence-corrected chi connectivity index (χ1v) is 26.6. The highest BCUT2D eigenvalue weighted by Gasteiger charge is 2.28. The highest BCUT2D eigenvalue weighted by molar-refractivity contribution is 5.98. The number of aldehydes is 1. The van der Waals surface area contributed by atoms with E-state index in [9.17, 15) is 14.4 Å². The SMILES string of the molecule is COCCN(C)c1cc(N)c(N)cn1.COCCN(C)c1cc2nc(-c3cc(C(=O)N4CCC(c5ccc(C#N)cc5)CC4)c(C)cc3C)[nH]c2cn1.Cc1cc(C)c(C(=O)N2CCC(c3ccc(C#N)cc3)CC2)cc1C=O. The Hall–Kier alpha value is -8.64. The first kappa shape index (κ1) is 58.1. The van der Waals surface area contributed by atoms with Crippen LogP contribution in [0.3, 0.4) is 0 Å². The molecule has 2 fully saturated rings. The number of likely N-dealkylation sites (tertiary alicyclic amines) is 2. The maximum atomic E-state index is 13.7. The number of benzene rings is 4. The first-order valence-electron chi connectivity index (χ1n) is 26.6. The van der Waals surface area contributed by atoms with E-state index in [0.29, 0.717) is 90.4 Å². The van der Waals surface area contributed by atoms with E-state index < -0.39 is 0 Å². The molecule has 7 aromatic rings. The summed E-state index contributed by atoms with van der Waals surface area (Å²) in [7, 11) is 7.26. The van der Waals surface area contributed by atoms with Gasteiger partial charge in [0.2, 0.25) is 0 Å². The second-order valence-corrected chi connectivity index (χ2v) is 20.4. The number of nitriles is 2. The number of amides is 2. The molecule has 5 heterocycles. The van der Waals surface area contributed by atoms with Crippen molar-refractivity contribution in [3.63, 3.8) is 0 Å². The number of likely N-dealkylation sites (N-methyl/N-ethyl adjacent to an activating group) is 2. The smallest absolute Gasteiger partial charge is 0.254 e. The van der Waals surface area contributed by atoms with E-state index in [4.69, 9.17) is 36.4 Å². The van der Waals surface area contributed by atoms with Crippen molar-refractivity contribution in [2.24, 2.45) is 0 Å². The number of aromatic amines is 1. The van der Waals surface area contributed by atoms with Gasteiger partial charge >= 0.3 is 0 Å². The Morgan fingerprint density at radius 2 is 1.13 bits per heavy atom. The monoisotopic (exact) mass is 1060 g/mol. The summed E-state index contributed by atoms with van der Waals surface area (Å²) in [5.41, 5.74) is 24.4. The molecule has 0 bridgehead atoms. The Morgan fingerprint density at radius 3 is 1.59 bits per heavy atom. The topological polar surface area (TPSA) is 237 Å². The molecule has 410 valence electrons. The zero-order valence-corrected chi connectivity index (χ0v) is 46.7. The number of ether oxygens (including phenoxy) is 2. The second kappa shape index (κ2) is 27.1. The van der Waals surface area contributed by atoms with E-state index in [0.717, 1.165) is 101 Å². The molecule has 79 heavy (non-hydrogen) atoms. The van der Waals surface area contributed by atoms with Gasteiger partial charge in [0.25, 0.3) is 11.8 Å². The number of aromatic nitrogens is 4. The van der Waals surface area contributed by atoms with Crippen molar-refractivity contribution >= 4 is 52.1 Å². The molecular formula is C62H72N12O5. The number of carbonyl (C=O) groups excluding carboxylic acids is 3. The number of hydrogen-bond acceptors (Lipinski definition) is 14. The summed E-state index contributed by atoms with van der Waals surface area (Å²) < 4.78 is 10.1. The number of H-pyrrole nitrogens is 1. The fraction of sp³-hybridized carbons (Fsp3) is 0.355. The Bertz CT molecular complexity index is 3330. The van der Waals surface area contributed by atoms with Gasteiger partial charge in [-0.15, -0.1) is 0 Å². The Kier molecular flexibility index (Phi) is 19.9. The third kappa shape index (κ3) is 14.5.